The van der Waals surface area contributed by atoms with Gasteiger partial charge in [0.1, 0.15) is 22.3 Å². The van der Waals surface area contributed by atoms with Gasteiger partial charge in [-0.3, -0.25) is 0 Å². The fraction of sp³-hybridized carbons (Fsp3) is 0.0625. The molecule has 0 bridgehead atoms. The van der Waals surface area contributed by atoms with E-state index in [4.69, 9.17) is 23.8 Å². The minimum Gasteiger partial charge on any atom is -0.456 e. The van der Waals surface area contributed by atoms with Crippen LogP contribution >= 0.6 is 0 Å². The molecule has 3 aromatic heterocycles. The SMILES string of the molecule is CC1(C)c2ccc(-c3cccc(-c4nc(-c5ccccc5)nc(-c5ccc6c(c5)oc5ccccc56)n4)c3)cc2-c2cc3oc4ccccc4c3cc21. The molecule has 11 rings (SSSR count). The van der Waals surface area contributed by atoms with Crippen LogP contribution in [0.3, 0.4) is 0 Å². The molecule has 0 radical (unpaired) electrons. The summed E-state index contributed by atoms with van der Waals surface area (Å²) in [7, 11) is 0. The first-order valence-corrected chi connectivity index (χ1v) is 17.9. The van der Waals surface area contributed by atoms with Gasteiger partial charge in [0.15, 0.2) is 17.5 Å². The van der Waals surface area contributed by atoms with Crippen LogP contribution in [0, 0.1) is 0 Å². The molecule has 5 heteroatoms. The predicted molar refractivity (Wildman–Crippen MR) is 214 cm³/mol. The summed E-state index contributed by atoms with van der Waals surface area (Å²) in [5.41, 5.74) is 13.4. The lowest BCUT2D eigenvalue weighted by Gasteiger charge is -2.21. The molecule has 250 valence electrons. The van der Waals surface area contributed by atoms with Crippen LogP contribution in [0.5, 0.6) is 0 Å². The first kappa shape index (κ1) is 29.8. The van der Waals surface area contributed by atoms with Crippen molar-refractivity contribution in [1.29, 1.82) is 0 Å². The summed E-state index contributed by atoms with van der Waals surface area (Å²) in [6.45, 7) is 4.64. The molecule has 3 heterocycles. The molecule has 0 unspecified atom stereocenters. The van der Waals surface area contributed by atoms with Gasteiger partial charge in [-0.15, -0.1) is 0 Å². The predicted octanol–water partition coefficient (Wildman–Crippen LogP) is 12.6. The van der Waals surface area contributed by atoms with Crippen molar-refractivity contribution < 1.29 is 8.83 Å². The minimum absolute atomic E-state index is 0.141. The number of hydrogen-bond acceptors (Lipinski definition) is 5. The lowest BCUT2D eigenvalue weighted by molar-refractivity contribution is 0.658. The monoisotopic (exact) mass is 681 g/mol. The second-order valence-corrected chi connectivity index (χ2v) is 14.4. The zero-order valence-corrected chi connectivity index (χ0v) is 29.1. The van der Waals surface area contributed by atoms with Crippen molar-refractivity contribution in [2.24, 2.45) is 0 Å². The molecular weight excluding hydrogens is 651 g/mol. The first-order valence-electron chi connectivity index (χ1n) is 17.9. The highest BCUT2D eigenvalue weighted by atomic mass is 16.3. The van der Waals surface area contributed by atoms with Crippen LogP contribution in [0.25, 0.3) is 100 Å². The van der Waals surface area contributed by atoms with Crippen LogP contribution < -0.4 is 0 Å². The van der Waals surface area contributed by atoms with Crippen LogP contribution in [0.1, 0.15) is 25.0 Å². The van der Waals surface area contributed by atoms with Crippen LogP contribution in [0.2, 0.25) is 0 Å². The van der Waals surface area contributed by atoms with Gasteiger partial charge in [0.2, 0.25) is 0 Å². The fourth-order valence-corrected chi connectivity index (χ4v) is 8.20. The van der Waals surface area contributed by atoms with Gasteiger partial charge in [-0.25, -0.2) is 15.0 Å². The van der Waals surface area contributed by atoms with E-state index in [-0.39, 0.29) is 5.41 Å². The smallest absolute Gasteiger partial charge is 0.164 e. The van der Waals surface area contributed by atoms with Crippen molar-refractivity contribution >= 4 is 43.9 Å². The molecule has 0 amide bonds. The third kappa shape index (κ3) is 4.60. The molecule has 0 saturated heterocycles. The molecule has 0 aliphatic heterocycles. The van der Waals surface area contributed by atoms with Crippen molar-refractivity contribution in [3.8, 4) is 56.4 Å². The van der Waals surface area contributed by atoms with Gasteiger partial charge in [0, 0.05) is 43.7 Å². The maximum absolute atomic E-state index is 6.33. The van der Waals surface area contributed by atoms with E-state index in [1.165, 1.54) is 22.3 Å². The van der Waals surface area contributed by atoms with Crippen LogP contribution in [0.4, 0.5) is 0 Å². The topological polar surface area (TPSA) is 65.0 Å². The molecule has 5 nitrogen and oxygen atoms in total. The molecule has 0 spiro atoms. The summed E-state index contributed by atoms with van der Waals surface area (Å²) >= 11 is 0. The molecule has 0 atom stereocenters. The van der Waals surface area contributed by atoms with Crippen molar-refractivity contribution in [2.45, 2.75) is 19.3 Å². The van der Waals surface area contributed by atoms with Crippen molar-refractivity contribution in [2.75, 3.05) is 0 Å². The van der Waals surface area contributed by atoms with Gasteiger partial charge < -0.3 is 8.83 Å². The Morgan fingerprint density at radius 3 is 1.64 bits per heavy atom. The maximum atomic E-state index is 6.33. The van der Waals surface area contributed by atoms with Crippen molar-refractivity contribution in [3.63, 3.8) is 0 Å². The van der Waals surface area contributed by atoms with Crippen LogP contribution in [0.15, 0.2) is 160 Å². The van der Waals surface area contributed by atoms with E-state index in [0.29, 0.717) is 17.5 Å². The van der Waals surface area contributed by atoms with E-state index in [0.717, 1.165) is 71.7 Å². The number of benzene rings is 7. The fourth-order valence-electron chi connectivity index (χ4n) is 8.20. The van der Waals surface area contributed by atoms with Gasteiger partial charge in [-0.05, 0) is 81.9 Å². The highest BCUT2D eigenvalue weighted by molar-refractivity contribution is 6.08. The Labute approximate surface area is 305 Å². The zero-order chi connectivity index (χ0) is 35.3. The Hall–Kier alpha value is -6.85. The molecule has 0 N–H and O–H groups in total. The Morgan fingerprint density at radius 1 is 0.358 bits per heavy atom. The first-order chi connectivity index (χ1) is 26.0. The number of furan rings is 2. The molecule has 10 aromatic rings. The lowest BCUT2D eigenvalue weighted by Crippen LogP contribution is -2.14. The molecule has 7 aromatic carbocycles. The summed E-state index contributed by atoms with van der Waals surface area (Å²) < 4.78 is 12.6. The average Bonchev–Trinajstić information content (AvgIpc) is 3.84. The molecule has 0 fully saturated rings. The van der Waals surface area contributed by atoms with E-state index in [2.05, 4.69) is 98.8 Å². The molecule has 0 saturated carbocycles. The Kier molecular flexibility index (Phi) is 6.23. The van der Waals surface area contributed by atoms with E-state index in [1.807, 2.05) is 66.7 Å². The summed E-state index contributed by atoms with van der Waals surface area (Å²) in [6.07, 6.45) is 0. The Morgan fingerprint density at radius 2 is 0.887 bits per heavy atom. The maximum Gasteiger partial charge on any atom is 0.164 e. The van der Waals surface area contributed by atoms with E-state index in [1.54, 1.807) is 0 Å². The van der Waals surface area contributed by atoms with Crippen molar-refractivity contribution in [1.82, 2.24) is 15.0 Å². The highest BCUT2D eigenvalue weighted by Gasteiger charge is 2.36. The van der Waals surface area contributed by atoms with E-state index < -0.39 is 0 Å². The molecule has 1 aliphatic rings. The van der Waals surface area contributed by atoms with Gasteiger partial charge in [0.05, 0.1) is 0 Å². The Balaban J connectivity index is 1.03. The van der Waals surface area contributed by atoms with Crippen molar-refractivity contribution in [3.05, 3.63) is 163 Å². The van der Waals surface area contributed by atoms with Crippen LogP contribution in [-0.4, -0.2) is 15.0 Å². The number of nitrogens with zero attached hydrogens (tertiary/aromatic N) is 3. The summed E-state index contributed by atoms with van der Waals surface area (Å²) in [4.78, 5) is 15.1. The standard InChI is InChI=1S/C48H31N3O2/c1-48(2)39-22-20-30(24-36(39)37-27-44-38(26-40(37)48)34-16-7-9-18-42(34)53-44)29-13-10-14-31(23-29)46-49-45(28-11-4-3-5-12-28)50-47(51-46)32-19-21-35-33-15-6-8-17-41(33)52-43(35)25-32/h3-27H,1-2H3. The second-order valence-electron chi connectivity index (χ2n) is 14.4. The molecular formula is C48H31N3O2. The third-order valence-electron chi connectivity index (χ3n) is 10.9. The lowest BCUT2D eigenvalue weighted by atomic mass is 9.81. The minimum atomic E-state index is -0.141. The number of fused-ring (bicyclic) bond motifs is 9. The van der Waals surface area contributed by atoms with E-state index >= 15 is 0 Å². The largest absolute Gasteiger partial charge is 0.456 e. The van der Waals surface area contributed by atoms with Gasteiger partial charge in [-0.1, -0.05) is 117 Å². The summed E-state index contributed by atoms with van der Waals surface area (Å²) in [5.74, 6) is 1.82. The quantitative estimate of drug-likeness (QED) is 0.185. The molecule has 1 aliphatic carbocycles. The third-order valence-corrected chi connectivity index (χ3v) is 10.9. The Bertz CT molecular complexity index is 3100. The summed E-state index contributed by atoms with van der Waals surface area (Å²) in [6, 6.07) is 52.6. The number of para-hydroxylation sites is 2. The average molecular weight is 682 g/mol. The summed E-state index contributed by atoms with van der Waals surface area (Å²) in [5, 5.41) is 4.48. The number of hydrogen-bond donors (Lipinski definition) is 0. The second kappa shape index (κ2) is 11.1. The normalized spacial score (nSPS) is 13.2. The van der Waals surface area contributed by atoms with Gasteiger partial charge >= 0.3 is 0 Å². The highest BCUT2D eigenvalue weighted by Crippen LogP contribution is 2.51. The zero-order valence-electron chi connectivity index (χ0n) is 29.1. The van der Waals surface area contributed by atoms with E-state index in [9.17, 15) is 0 Å². The number of rotatable bonds is 4. The van der Waals surface area contributed by atoms with Gasteiger partial charge in [0.25, 0.3) is 0 Å². The molecule has 53 heavy (non-hydrogen) atoms. The van der Waals surface area contributed by atoms with Crippen LogP contribution in [-0.2, 0) is 5.41 Å². The number of aromatic nitrogens is 3. The van der Waals surface area contributed by atoms with Gasteiger partial charge in [-0.2, -0.15) is 0 Å².